The van der Waals surface area contributed by atoms with E-state index in [1.54, 1.807) is 6.92 Å². The number of halogens is 1. The summed E-state index contributed by atoms with van der Waals surface area (Å²) in [6, 6.07) is 4.10. The van der Waals surface area contributed by atoms with E-state index >= 15 is 0 Å². The van der Waals surface area contributed by atoms with Crippen LogP contribution in [0.1, 0.15) is 17.3 Å². The predicted octanol–water partition coefficient (Wildman–Crippen LogP) is 1.57. The zero-order valence-corrected chi connectivity index (χ0v) is 9.99. The van der Waals surface area contributed by atoms with E-state index in [2.05, 4.69) is 5.32 Å². The van der Waals surface area contributed by atoms with Gasteiger partial charge in [0.15, 0.2) is 0 Å². The lowest BCUT2D eigenvalue weighted by atomic mass is 10.1. The lowest BCUT2D eigenvalue weighted by molar-refractivity contribution is -0.119. The highest BCUT2D eigenvalue weighted by atomic mass is 35.5. The van der Waals surface area contributed by atoms with E-state index in [0.29, 0.717) is 0 Å². The molecule has 0 aliphatic heterocycles. The highest BCUT2D eigenvalue weighted by molar-refractivity contribution is 6.33. The van der Waals surface area contributed by atoms with Crippen molar-refractivity contribution in [3.05, 3.63) is 28.8 Å². The van der Waals surface area contributed by atoms with Gasteiger partial charge in [0.25, 0.3) is 0 Å². The third-order valence-electron chi connectivity index (χ3n) is 2.27. The summed E-state index contributed by atoms with van der Waals surface area (Å²) in [6.45, 7) is 1.88. The molecule has 17 heavy (non-hydrogen) atoms. The number of anilines is 1. The second-order valence-corrected chi connectivity index (χ2v) is 4.03. The Morgan fingerprint density at radius 2 is 2.18 bits per heavy atom. The van der Waals surface area contributed by atoms with Gasteiger partial charge in [0.2, 0.25) is 5.91 Å². The van der Waals surface area contributed by atoms with Gasteiger partial charge in [0.1, 0.15) is 0 Å². The average molecular weight is 257 g/mol. The Hall–Kier alpha value is -1.59. The maximum absolute atomic E-state index is 11.6. The molecule has 6 heteroatoms. The third kappa shape index (κ3) is 3.44. The summed E-state index contributed by atoms with van der Waals surface area (Å²) in [5.74, 6) is -1.74. The smallest absolute Gasteiger partial charge is 0.335 e. The van der Waals surface area contributed by atoms with Crippen LogP contribution >= 0.6 is 11.6 Å². The van der Waals surface area contributed by atoms with E-state index in [1.807, 2.05) is 0 Å². The molecule has 1 aromatic carbocycles. The molecular formula is C11H13ClN2O3. The Balaban J connectivity index is 2.94. The zero-order valence-electron chi connectivity index (χ0n) is 9.24. The van der Waals surface area contributed by atoms with E-state index in [9.17, 15) is 9.59 Å². The number of hydrogen-bond donors (Lipinski definition) is 3. The molecule has 0 saturated heterocycles. The summed E-state index contributed by atoms with van der Waals surface area (Å²) in [5, 5.41) is 11.6. The van der Waals surface area contributed by atoms with Crippen molar-refractivity contribution in [1.82, 2.24) is 0 Å². The average Bonchev–Trinajstić information content (AvgIpc) is 2.30. The summed E-state index contributed by atoms with van der Waals surface area (Å²) in [5.41, 5.74) is 5.69. The van der Waals surface area contributed by atoms with Crippen molar-refractivity contribution in [3.63, 3.8) is 0 Å². The molecule has 1 atom stereocenters. The SMILES string of the molecule is CC(CN)C(=O)Nc1cc(C(=O)O)ccc1Cl. The molecule has 1 rings (SSSR count). The first-order valence-corrected chi connectivity index (χ1v) is 5.37. The van der Waals surface area contributed by atoms with Crippen LogP contribution in [0.3, 0.4) is 0 Å². The molecule has 0 saturated carbocycles. The van der Waals surface area contributed by atoms with Crippen LogP contribution in [-0.4, -0.2) is 23.5 Å². The Bertz CT molecular complexity index is 448. The number of carbonyl (C=O) groups is 2. The lowest BCUT2D eigenvalue weighted by Crippen LogP contribution is -2.26. The number of hydrogen-bond acceptors (Lipinski definition) is 3. The Morgan fingerprint density at radius 3 is 2.71 bits per heavy atom. The molecule has 1 aromatic rings. The topological polar surface area (TPSA) is 92.4 Å². The summed E-state index contributed by atoms with van der Waals surface area (Å²) in [7, 11) is 0. The standard InChI is InChI=1S/C11H13ClN2O3/c1-6(5-13)10(15)14-9-4-7(11(16)17)2-3-8(9)12/h2-4,6H,5,13H2,1H3,(H,14,15)(H,16,17). The van der Waals surface area contributed by atoms with Crippen molar-refractivity contribution < 1.29 is 14.7 Å². The maximum Gasteiger partial charge on any atom is 0.335 e. The highest BCUT2D eigenvalue weighted by Crippen LogP contribution is 2.23. The molecule has 0 fully saturated rings. The molecule has 5 nitrogen and oxygen atoms in total. The van der Waals surface area contributed by atoms with Gasteiger partial charge in [0.05, 0.1) is 16.3 Å². The molecule has 92 valence electrons. The van der Waals surface area contributed by atoms with Crippen molar-refractivity contribution in [2.75, 3.05) is 11.9 Å². The van der Waals surface area contributed by atoms with Crippen LogP contribution in [0.25, 0.3) is 0 Å². The van der Waals surface area contributed by atoms with Gasteiger partial charge in [0, 0.05) is 12.5 Å². The third-order valence-corrected chi connectivity index (χ3v) is 2.60. The van der Waals surface area contributed by atoms with Crippen LogP contribution in [-0.2, 0) is 4.79 Å². The molecule has 1 amide bonds. The fourth-order valence-corrected chi connectivity index (χ4v) is 1.28. The van der Waals surface area contributed by atoms with Crippen molar-refractivity contribution in [1.29, 1.82) is 0 Å². The molecule has 0 spiro atoms. The van der Waals surface area contributed by atoms with E-state index in [0.717, 1.165) is 0 Å². The molecular weight excluding hydrogens is 244 g/mol. The number of amides is 1. The largest absolute Gasteiger partial charge is 0.478 e. The number of nitrogens with one attached hydrogen (secondary N) is 1. The summed E-state index contributed by atoms with van der Waals surface area (Å²) in [6.07, 6.45) is 0. The number of nitrogens with two attached hydrogens (primary N) is 1. The Morgan fingerprint density at radius 1 is 1.53 bits per heavy atom. The number of benzene rings is 1. The normalized spacial score (nSPS) is 11.9. The molecule has 0 radical (unpaired) electrons. The molecule has 0 bridgehead atoms. The number of carboxylic acid groups (broad SMARTS) is 1. The van der Waals surface area contributed by atoms with E-state index in [4.69, 9.17) is 22.4 Å². The Kier molecular flexibility index (Phi) is 4.48. The number of carboxylic acids is 1. The minimum Gasteiger partial charge on any atom is -0.478 e. The number of rotatable bonds is 4. The minimum atomic E-state index is -1.08. The van der Waals surface area contributed by atoms with Crippen molar-refractivity contribution >= 4 is 29.2 Å². The fraction of sp³-hybridized carbons (Fsp3) is 0.273. The molecule has 0 aliphatic rings. The first kappa shape index (κ1) is 13.5. The Labute approximate surface area is 104 Å². The van der Waals surface area contributed by atoms with Gasteiger partial charge in [-0.2, -0.15) is 0 Å². The van der Waals surface area contributed by atoms with Gasteiger partial charge in [-0.25, -0.2) is 4.79 Å². The van der Waals surface area contributed by atoms with Gasteiger partial charge in [-0.3, -0.25) is 4.79 Å². The zero-order chi connectivity index (χ0) is 13.0. The van der Waals surface area contributed by atoms with Gasteiger partial charge >= 0.3 is 5.97 Å². The van der Waals surface area contributed by atoms with Gasteiger partial charge in [-0.05, 0) is 18.2 Å². The van der Waals surface area contributed by atoms with Crippen LogP contribution in [0.15, 0.2) is 18.2 Å². The maximum atomic E-state index is 11.6. The minimum absolute atomic E-state index is 0.0603. The van der Waals surface area contributed by atoms with E-state index in [1.165, 1.54) is 18.2 Å². The monoisotopic (exact) mass is 256 g/mol. The molecule has 1 unspecified atom stereocenters. The second-order valence-electron chi connectivity index (χ2n) is 3.63. The van der Waals surface area contributed by atoms with Crippen LogP contribution in [0.2, 0.25) is 5.02 Å². The van der Waals surface area contributed by atoms with Gasteiger partial charge in [-0.1, -0.05) is 18.5 Å². The van der Waals surface area contributed by atoms with E-state index in [-0.39, 0.29) is 34.6 Å². The molecule has 0 aliphatic carbocycles. The number of carbonyl (C=O) groups excluding carboxylic acids is 1. The van der Waals surface area contributed by atoms with E-state index < -0.39 is 5.97 Å². The van der Waals surface area contributed by atoms with Crippen LogP contribution in [0.4, 0.5) is 5.69 Å². The molecule has 4 N–H and O–H groups in total. The first-order chi connectivity index (χ1) is 7.95. The quantitative estimate of drug-likeness (QED) is 0.762. The molecule has 0 heterocycles. The lowest BCUT2D eigenvalue weighted by Gasteiger charge is -2.11. The van der Waals surface area contributed by atoms with Crippen molar-refractivity contribution in [2.24, 2.45) is 11.7 Å². The van der Waals surface area contributed by atoms with Crippen molar-refractivity contribution in [3.8, 4) is 0 Å². The van der Waals surface area contributed by atoms with Gasteiger partial charge < -0.3 is 16.2 Å². The van der Waals surface area contributed by atoms with Crippen LogP contribution in [0.5, 0.6) is 0 Å². The summed E-state index contributed by atoms with van der Waals surface area (Å²) in [4.78, 5) is 22.3. The highest BCUT2D eigenvalue weighted by Gasteiger charge is 2.14. The molecule has 0 aromatic heterocycles. The first-order valence-electron chi connectivity index (χ1n) is 4.99. The van der Waals surface area contributed by atoms with Crippen molar-refractivity contribution in [2.45, 2.75) is 6.92 Å². The predicted molar refractivity (Wildman–Crippen MR) is 65.3 cm³/mol. The van der Waals surface area contributed by atoms with Gasteiger partial charge in [-0.15, -0.1) is 0 Å². The summed E-state index contributed by atoms with van der Waals surface area (Å²) < 4.78 is 0. The number of aromatic carboxylic acids is 1. The second kappa shape index (κ2) is 5.65. The summed E-state index contributed by atoms with van der Waals surface area (Å²) >= 11 is 5.85. The van der Waals surface area contributed by atoms with Crippen LogP contribution in [0, 0.1) is 5.92 Å². The van der Waals surface area contributed by atoms with Crippen LogP contribution < -0.4 is 11.1 Å². The fourth-order valence-electron chi connectivity index (χ4n) is 1.12.